The van der Waals surface area contributed by atoms with E-state index >= 15 is 0 Å². The van der Waals surface area contributed by atoms with Gasteiger partial charge in [0.05, 0.1) is 23.6 Å². The fourth-order valence-corrected chi connectivity index (χ4v) is 8.81. The maximum absolute atomic E-state index is 13.1. The number of sulfonamides is 1. The molecule has 1 fully saturated rings. The van der Waals surface area contributed by atoms with Gasteiger partial charge >= 0.3 is 0 Å². The van der Waals surface area contributed by atoms with Gasteiger partial charge in [0.1, 0.15) is 5.75 Å². The second-order valence-corrected chi connectivity index (χ2v) is 14.9. The van der Waals surface area contributed by atoms with Gasteiger partial charge in [0, 0.05) is 29.1 Å². The number of aryl methyl sites for hydroxylation is 1. The van der Waals surface area contributed by atoms with Crippen molar-refractivity contribution < 1.29 is 23.1 Å². The Morgan fingerprint density at radius 3 is 2.73 bits per heavy atom. The molecule has 2 aliphatic heterocycles. The van der Waals surface area contributed by atoms with Gasteiger partial charge in [0.15, 0.2) is 0 Å². The van der Waals surface area contributed by atoms with Crippen LogP contribution in [0, 0.1) is 11.8 Å². The summed E-state index contributed by atoms with van der Waals surface area (Å²) in [5.74, 6) is 0.463. The zero-order chi connectivity index (χ0) is 28.1. The van der Waals surface area contributed by atoms with E-state index in [4.69, 9.17) is 16.3 Å². The number of ether oxygens (including phenoxy) is 1. The van der Waals surface area contributed by atoms with Gasteiger partial charge in [-0.05, 0) is 105 Å². The summed E-state index contributed by atoms with van der Waals surface area (Å²) >= 11 is 6.38. The lowest BCUT2D eigenvalue weighted by Crippen LogP contribution is -2.52. The second kappa shape index (κ2) is 10.5. The molecule has 0 aromatic heterocycles. The maximum Gasteiger partial charge on any atom is 0.264 e. The van der Waals surface area contributed by atoms with E-state index in [1.807, 2.05) is 13.0 Å². The summed E-state index contributed by atoms with van der Waals surface area (Å²) in [5.41, 5.74) is 2.59. The van der Waals surface area contributed by atoms with E-state index in [9.17, 15) is 18.3 Å². The fraction of sp³-hybridized carbons (Fsp3) is 0.581. The molecule has 9 heteroatoms. The molecular formula is C31H39ClN2O5S. The number of halogens is 1. The molecule has 1 amide bonds. The number of nitrogens with zero attached hydrogens (tertiary/aromatic N) is 1. The molecule has 7 nitrogen and oxygen atoms in total. The molecule has 0 saturated heterocycles. The number of carbonyl (C=O) groups is 1. The van der Waals surface area contributed by atoms with E-state index in [1.165, 1.54) is 11.1 Å². The monoisotopic (exact) mass is 586 g/mol. The number of rotatable bonds is 0. The zero-order valence-electron chi connectivity index (χ0n) is 23.1. The Morgan fingerprint density at radius 1 is 1.07 bits per heavy atom. The standard InChI is InChI=1S/C31H39ClN2O5S/c1-30(36)13-3-2-4-15-40(37,38)33-29(35)22-8-12-28-27(17-22)34(18-23-7-10-25(23)30)19-31(20-39-28)14-5-6-21-16-24(32)9-11-26(21)31/h8-9,11-12,16-17,23,25,36H,2-7,10,13-15,18-20H2,1H3,(H,33,35)/t23-,25+,30?,31-/m0/s1. The third kappa shape index (κ3) is 5.35. The van der Waals surface area contributed by atoms with Crippen LogP contribution < -0.4 is 14.4 Å². The predicted molar refractivity (Wildman–Crippen MR) is 157 cm³/mol. The number of nitrogens with one attached hydrogen (secondary N) is 1. The van der Waals surface area contributed by atoms with Gasteiger partial charge in [-0.3, -0.25) is 4.79 Å². The third-order valence-corrected chi connectivity index (χ3v) is 11.4. The van der Waals surface area contributed by atoms with Crippen LogP contribution in [0.1, 0.15) is 79.8 Å². The van der Waals surface area contributed by atoms with Crippen LogP contribution in [0.3, 0.4) is 0 Å². The number of fused-ring (bicyclic) bond motifs is 4. The molecule has 1 unspecified atom stereocenters. The number of amides is 1. The zero-order valence-corrected chi connectivity index (χ0v) is 24.7. The van der Waals surface area contributed by atoms with Gasteiger partial charge in [0.25, 0.3) is 5.91 Å². The van der Waals surface area contributed by atoms with Crippen LogP contribution >= 0.6 is 11.6 Å². The Kier molecular flexibility index (Phi) is 7.33. The first-order valence-electron chi connectivity index (χ1n) is 14.6. The fourth-order valence-electron chi connectivity index (χ4n) is 7.53. The van der Waals surface area contributed by atoms with Crippen molar-refractivity contribution in [3.8, 4) is 5.75 Å². The molecule has 4 atom stereocenters. The van der Waals surface area contributed by atoms with E-state index < -0.39 is 21.5 Å². The molecule has 1 saturated carbocycles. The summed E-state index contributed by atoms with van der Waals surface area (Å²) in [5, 5.41) is 12.2. The summed E-state index contributed by atoms with van der Waals surface area (Å²) in [7, 11) is -3.76. The highest BCUT2D eigenvalue weighted by molar-refractivity contribution is 7.90. The average molecular weight is 587 g/mol. The van der Waals surface area contributed by atoms with E-state index in [-0.39, 0.29) is 17.1 Å². The number of hydrogen-bond donors (Lipinski definition) is 2. The Morgan fingerprint density at radius 2 is 1.93 bits per heavy atom. The van der Waals surface area contributed by atoms with Gasteiger partial charge in [-0.1, -0.05) is 30.5 Å². The van der Waals surface area contributed by atoms with E-state index in [0.29, 0.717) is 49.6 Å². The van der Waals surface area contributed by atoms with Crippen molar-refractivity contribution in [1.82, 2.24) is 4.72 Å². The van der Waals surface area contributed by atoms with E-state index in [0.717, 1.165) is 55.8 Å². The van der Waals surface area contributed by atoms with Crippen molar-refractivity contribution in [2.24, 2.45) is 11.8 Å². The predicted octanol–water partition coefficient (Wildman–Crippen LogP) is 5.22. The summed E-state index contributed by atoms with van der Waals surface area (Å²) in [6, 6.07) is 11.4. The van der Waals surface area contributed by atoms with E-state index in [1.54, 1.807) is 18.2 Å². The summed E-state index contributed by atoms with van der Waals surface area (Å²) in [6.45, 7) is 3.91. The Balaban J connectivity index is 1.42. The molecule has 2 bridgehead atoms. The molecule has 216 valence electrons. The average Bonchev–Trinajstić information content (AvgIpc) is 3.02. The van der Waals surface area contributed by atoms with Crippen molar-refractivity contribution in [3.05, 3.63) is 58.1 Å². The molecule has 2 aromatic rings. The quantitative estimate of drug-likeness (QED) is 0.439. The van der Waals surface area contributed by atoms with Crippen LogP contribution in [0.2, 0.25) is 5.02 Å². The number of anilines is 1. The van der Waals surface area contributed by atoms with Gasteiger partial charge in [0.2, 0.25) is 10.0 Å². The summed E-state index contributed by atoms with van der Waals surface area (Å²) < 4.78 is 34.1. The highest BCUT2D eigenvalue weighted by Gasteiger charge is 2.46. The molecule has 4 aliphatic rings. The normalized spacial score (nSPS) is 32.1. The summed E-state index contributed by atoms with van der Waals surface area (Å²) in [4.78, 5) is 15.4. The molecule has 1 spiro atoms. The van der Waals surface area contributed by atoms with Gasteiger partial charge in [-0.25, -0.2) is 13.1 Å². The minimum atomic E-state index is -3.76. The molecule has 2 aromatic carbocycles. The summed E-state index contributed by atoms with van der Waals surface area (Å²) in [6.07, 6.45) is 7.56. The molecule has 0 radical (unpaired) electrons. The van der Waals surface area contributed by atoms with Crippen molar-refractivity contribution >= 4 is 33.2 Å². The minimum absolute atomic E-state index is 0.112. The Bertz CT molecular complexity index is 1410. The topological polar surface area (TPSA) is 95.9 Å². The smallest absolute Gasteiger partial charge is 0.264 e. The van der Waals surface area contributed by atoms with Crippen molar-refractivity contribution in [1.29, 1.82) is 0 Å². The highest BCUT2D eigenvalue weighted by atomic mass is 35.5. The van der Waals surface area contributed by atoms with Crippen LogP contribution in [0.15, 0.2) is 36.4 Å². The molecule has 2 heterocycles. The third-order valence-electron chi connectivity index (χ3n) is 9.81. The highest BCUT2D eigenvalue weighted by Crippen LogP contribution is 2.48. The molecule has 2 aliphatic carbocycles. The first-order valence-corrected chi connectivity index (χ1v) is 16.7. The van der Waals surface area contributed by atoms with Gasteiger partial charge in [-0.15, -0.1) is 0 Å². The second-order valence-electron chi connectivity index (χ2n) is 12.6. The first-order chi connectivity index (χ1) is 19.1. The lowest BCUT2D eigenvalue weighted by atomic mass is 9.63. The number of carbonyl (C=O) groups excluding carboxylic acids is 1. The van der Waals surface area contributed by atoms with Crippen molar-refractivity contribution in [2.45, 2.75) is 75.7 Å². The van der Waals surface area contributed by atoms with Crippen molar-refractivity contribution in [2.75, 3.05) is 30.3 Å². The Labute approximate surface area is 242 Å². The van der Waals surface area contributed by atoms with Crippen molar-refractivity contribution in [3.63, 3.8) is 0 Å². The largest absolute Gasteiger partial charge is 0.490 e. The lowest BCUT2D eigenvalue weighted by Gasteiger charge is -2.49. The molecule has 6 rings (SSSR count). The molecule has 40 heavy (non-hydrogen) atoms. The van der Waals surface area contributed by atoms with Crippen LogP contribution in [0.5, 0.6) is 5.75 Å². The van der Waals surface area contributed by atoms with Gasteiger partial charge < -0.3 is 14.7 Å². The van der Waals surface area contributed by atoms with Crippen LogP contribution in [-0.2, 0) is 21.9 Å². The Hall–Kier alpha value is -2.29. The molecule has 2 N–H and O–H groups in total. The van der Waals surface area contributed by atoms with Crippen LogP contribution in [-0.4, -0.2) is 50.5 Å². The van der Waals surface area contributed by atoms with E-state index in [2.05, 4.69) is 21.8 Å². The number of aliphatic hydroxyl groups is 1. The minimum Gasteiger partial charge on any atom is -0.490 e. The van der Waals surface area contributed by atoms with Crippen LogP contribution in [0.4, 0.5) is 5.69 Å². The van der Waals surface area contributed by atoms with Crippen LogP contribution in [0.25, 0.3) is 0 Å². The number of hydrogen-bond acceptors (Lipinski definition) is 6. The molecular weight excluding hydrogens is 548 g/mol. The van der Waals surface area contributed by atoms with Gasteiger partial charge in [-0.2, -0.15) is 0 Å². The SMILES string of the molecule is CC1(O)CCCCCS(=O)(=O)NC(=O)c2ccc3c(c2)N(C[C@@H]2CC[C@H]21)C[C@@]1(CCCc2cc(Cl)ccc21)CO3. The maximum atomic E-state index is 13.1. The number of benzene rings is 2. The first kappa shape index (κ1) is 27.9. The lowest BCUT2D eigenvalue weighted by molar-refractivity contribution is -0.0742.